The van der Waals surface area contributed by atoms with Crippen molar-refractivity contribution < 1.29 is 18.3 Å². The number of hydrogen-bond donors (Lipinski definition) is 1. The maximum atomic E-state index is 13.7. The molecule has 0 aliphatic heterocycles. The van der Waals surface area contributed by atoms with Crippen molar-refractivity contribution in [3.05, 3.63) is 57.0 Å². The quantitative estimate of drug-likeness (QED) is 0.847. The molecule has 2 rings (SSSR count). The van der Waals surface area contributed by atoms with Gasteiger partial charge >= 0.3 is 0 Å². The number of ether oxygens (including phenoxy) is 1. The summed E-state index contributed by atoms with van der Waals surface area (Å²) >= 11 is 8.75. The molecule has 0 atom stereocenters. The molecule has 0 aromatic heterocycles. The highest BCUT2D eigenvalue weighted by atomic mass is 79.9. The molecule has 2 aromatic rings. The molecule has 0 aliphatic rings. The summed E-state index contributed by atoms with van der Waals surface area (Å²) in [4.78, 5) is 12.1. The molecular formula is C14H9BrClF2NO2. The third-order valence-electron chi connectivity index (χ3n) is 2.65. The Balaban J connectivity index is 2.35. The molecule has 0 radical (unpaired) electrons. The van der Waals surface area contributed by atoms with E-state index >= 15 is 0 Å². The largest absolute Gasteiger partial charge is 0.496 e. The van der Waals surface area contributed by atoms with Gasteiger partial charge in [-0.05, 0) is 30.3 Å². The van der Waals surface area contributed by atoms with Crippen LogP contribution in [0.5, 0.6) is 5.75 Å². The number of anilines is 1. The summed E-state index contributed by atoms with van der Waals surface area (Å²) in [5.41, 5.74) is -0.413. The number of rotatable bonds is 3. The van der Waals surface area contributed by atoms with Gasteiger partial charge in [0.05, 0.1) is 12.7 Å². The lowest BCUT2D eigenvalue weighted by atomic mass is 10.1. The fourth-order valence-corrected chi connectivity index (χ4v) is 2.26. The van der Waals surface area contributed by atoms with Crippen LogP contribution in [0.2, 0.25) is 5.02 Å². The SMILES string of the molecule is COc1cc(Cl)ccc1C(=O)Nc1c(F)cc(Br)cc1F. The predicted molar refractivity (Wildman–Crippen MR) is 80.0 cm³/mol. The molecule has 0 saturated carbocycles. The molecule has 0 unspecified atom stereocenters. The molecule has 0 heterocycles. The predicted octanol–water partition coefficient (Wildman–Crippen LogP) is 4.64. The van der Waals surface area contributed by atoms with Gasteiger partial charge in [-0.1, -0.05) is 27.5 Å². The van der Waals surface area contributed by atoms with Gasteiger partial charge in [-0.2, -0.15) is 0 Å². The maximum Gasteiger partial charge on any atom is 0.259 e. The Morgan fingerprint density at radius 3 is 2.43 bits per heavy atom. The van der Waals surface area contributed by atoms with Gasteiger partial charge in [-0.3, -0.25) is 4.79 Å². The highest BCUT2D eigenvalue weighted by molar-refractivity contribution is 9.10. The van der Waals surface area contributed by atoms with Gasteiger partial charge in [0.25, 0.3) is 5.91 Å². The molecule has 0 aliphatic carbocycles. The van der Waals surface area contributed by atoms with Gasteiger partial charge < -0.3 is 10.1 Å². The van der Waals surface area contributed by atoms with Crippen LogP contribution in [0.25, 0.3) is 0 Å². The Hall–Kier alpha value is -1.66. The molecule has 21 heavy (non-hydrogen) atoms. The number of halogens is 4. The normalized spacial score (nSPS) is 10.3. The van der Waals surface area contributed by atoms with E-state index in [0.29, 0.717) is 5.02 Å². The Labute approximate surface area is 133 Å². The summed E-state index contributed by atoms with van der Waals surface area (Å²) in [6, 6.07) is 6.43. The van der Waals surface area contributed by atoms with Crippen molar-refractivity contribution in [1.82, 2.24) is 0 Å². The van der Waals surface area contributed by atoms with Crippen LogP contribution in [-0.4, -0.2) is 13.0 Å². The minimum Gasteiger partial charge on any atom is -0.496 e. The molecule has 0 bridgehead atoms. The van der Waals surface area contributed by atoms with Crippen molar-refractivity contribution in [2.24, 2.45) is 0 Å². The van der Waals surface area contributed by atoms with E-state index in [-0.39, 0.29) is 15.8 Å². The summed E-state index contributed by atoms with van der Waals surface area (Å²) in [6.45, 7) is 0. The molecule has 110 valence electrons. The highest BCUT2D eigenvalue weighted by Gasteiger charge is 2.17. The third kappa shape index (κ3) is 3.51. The topological polar surface area (TPSA) is 38.3 Å². The van der Waals surface area contributed by atoms with Crippen LogP contribution in [0.1, 0.15) is 10.4 Å². The molecule has 3 nitrogen and oxygen atoms in total. The van der Waals surface area contributed by atoms with Gasteiger partial charge in [0.2, 0.25) is 0 Å². The summed E-state index contributed by atoms with van der Waals surface area (Å²) in [5, 5.41) is 2.56. The molecule has 7 heteroatoms. The minimum absolute atomic E-state index is 0.114. The number of carbonyl (C=O) groups excluding carboxylic acids is 1. The van der Waals surface area contributed by atoms with Crippen molar-refractivity contribution >= 4 is 39.1 Å². The van der Waals surface area contributed by atoms with Gasteiger partial charge in [0, 0.05) is 9.50 Å². The van der Waals surface area contributed by atoms with E-state index in [1.165, 1.54) is 25.3 Å². The van der Waals surface area contributed by atoms with E-state index in [9.17, 15) is 13.6 Å². The first-order valence-electron chi connectivity index (χ1n) is 5.72. The second-order valence-corrected chi connectivity index (χ2v) is 5.40. The van der Waals surface area contributed by atoms with Crippen LogP contribution in [0.4, 0.5) is 14.5 Å². The zero-order chi connectivity index (χ0) is 15.6. The minimum atomic E-state index is -0.886. The van der Waals surface area contributed by atoms with Crippen LogP contribution in [-0.2, 0) is 0 Å². The first-order chi connectivity index (χ1) is 9.92. The average molecular weight is 377 g/mol. The van der Waals surface area contributed by atoms with E-state index < -0.39 is 23.2 Å². The lowest BCUT2D eigenvalue weighted by Gasteiger charge is -2.11. The first kappa shape index (κ1) is 15.7. The van der Waals surface area contributed by atoms with Gasteiger partial charge in [-0.25, -0.2) is 8.78 Å². The third-order valence-corrected chi connectivity index (χ3v) is 3.35. The molecule has 0 spiro atoms. The molecule has 1 N–H and O–H groups in total. The van der Waals surface area contributed by atoms with E-state index in [2.05, 4.69) is 21.2 Å². The Bertz CT molecular complexity index is 686. The zero-order valence-corrected chi connectivity index (χ0v) is 13.1. The zero-order valence-electron chi connectivity index (χ0n) is 10.7. The lowest BCUT2D eigenvalue weighted by Crippen LogP contribution is -2.15. The van der Waals surface area contributed by atoms with Crippen LogP contribution in [0, 0.1) is 11.6 Å². The maximum absolute atomic E-state index is 13.7. The van der Waals surface area contributed by atoms with Gasteiger partial charge in [-0.15, -0.1) is 0 Å². The van der Waals surface area contributed by atoms with E-state index in [1.54, 1.807) is 0 Å². The summed E-state index contributed by atoms with van der Waals surface area (Å²) in [5.74, 6) is -2.27. The Morgan fingerprint density at radius 2 is 1.86 bits per heavy atom. The van der Waals surface area contributed by atoms with Crippen molar-refractivity contribution in [3.8, 4) is 5.75 Å². The van der Waals surface area contributed by atoms with Gasteiger partial charge in [0.15, 0.2) is 11.6 Å². The van der Waals surface area contributed by atoms with E-state index in [4.69, 9.17) is 16.3 Å². The van der Waals surface area contributed by atoms with E-state index in [0.717, 1.165) is 12.1 Å². The second-order valence-electron chi connectivity index (χ2n) is 4.04. The number of amides is 1. The number of nitrogens with one attached hydrogen (secondary N) is 1. The van der Waals surface area contributed by atoms with Gasteiger partial charge in [0.1, 0.15) is 11.4 Å². The monoisotopic (exact) mass is 375 g/mol. The van der Waals surface area contributed by atoms with Crippen molar-refractivity contribution in [2.45, 2.75) is 0 Å². The Morgan fingerprint density at radius 1 is 1.24 bits per heavy atom. The summed E-state index contributed by atoms with van der Waals surface area (Å²) < 4.78 is 32.7. The first-order valence-corrected chi connectivity index (χ1v) is 6.89. The van der Waals surface area contributed by atoms with Crippen LogP contribution < -0.4 is 10.1 Å². The Kier molecular flexibility index (Phi) is 4.80. The molecule has 0 saturated heterocycles. The number of methoxy groups -OCH3 is 1. The number of hydrogen-bond acceptors (Lipinski definition) is 2. The lowest BCUT2D eigenvalue weighted by molar-refractivity contribution is 0.102. The van der Waals surface area contributed by atoms with E-state index in [1.807, 2.05) is 0 Å². The average Bonchev–Trinajstić information content (AvgIpc) is 2.42. The molecule has 0 fully saturated rings. The van der Waals surface area contributed by atoms with Crippen LogP contribution >= 0.6 is 27.5 Å². The fraction of sp³-hybridized carbons (Fsp3) is 0.0714. The van der Waals surface area contributed by atoms with Crippen LogP contribution in [0.15, 0.2) is 34.8 Å². The summed E-state index contributed by atoms with van der Waals surface area (Å²) in [7, 11) is 1.36. The van der Waals surface area contributed by atoms with Crippen molar-refractivity contribution in [1.29, 1.82) is 0 Å². The molecular weight excluding hydrogens is 368 g/mol. The number of benzene rings is 2. The molecule has 2 aromatic carbocycles. The molecule has 1 amide bonds. The number of carbonyl (C=O) groups is 1. The second kappa shape index (κ2) is 6.41. The smallest absolute Gasteiger partial charge is 0.259 e. The van der Waals surface area contributed by atoms with Crippen molar-refractivity contribution in [3.63, 3.8) is 0 Å². The van der Waals surface area contributed by atoms with Crippen LogP contribution in [0.3, 0.4) is 0 Å². The van der Waals surface area contributed by atoms with Crippen molar-refractivity contribution in [2.75, 3.05) is 12.4 Å². The summed E-state index contributed by atoms with van der Waals surface area (Å²) in [6.07, 6.45) is 0. The fourth-order valence-electron chi connectivity index (χ4n) is 1.70. The standard InChI is InChI=1S/C14H9BrClF2NO2/c1-21-12-6-8(16)2-3-9(12)14(20)19-13-10(17)4-7(15)5-11(13)18/h2-6H,1H3,(H,19,20). The highest BCUT2D eigenvalue weighted by Crippen LogP contribution is 2.27.